The second-order valence-corrected chi connectivity index (χ2v) is 8.88. The Bertz CT molecular complexity index is 1110. The van der Waals surface area contributed by atoms with Gasteiger partial charge in [-0.3, -0.25) is 19.3 Å². The van der Waals surface area contributed by atoms with Gasteiger partial charge in [0.2, 0.25) is 11.8 Å². The van der Waals surface area contributed by atoms with Gasteiger partial charge in [0.1, 0.15) is 6.04 Å². The van der Waals surface area contributed by atoms with Crippen LogP contribution in [0.25, 0.3) is 0 Å². The molecule has 1 aliphatic carbocycles. The third-order valence-corrected chi connectivity index (χ3v) is 6.41. The maximum atomic E-state index is 13.1. The van der Waals surface area contributed by atoms with Crippen molar-refractivity contribution in [2.24, 2.45) is 11.8 Å². The summed E-state index contributed by atoms with van der Waals surface area (Å²) < 4.78 is 5.33. The molecule has 0 unspecified atom stereocenters. The first-order valence-electron chi connectivity index (χ1n) is 11.4. The van der Waals surface area contributed by atoms with Crippen LogP contribution in [-0.4, -0.2) is 41.2 Å². The van der Waals surface area contributed by atoms with Gasteiger partial charge in [-0.05, 0) is 49.4 Å². The number of likely N-dealkylation sites (tertiary alicyclic amines) is 1. The van der Waals surface area contributed by atoms with Crippen molar-refractivity contribution in [3.05, 3.63) is 77.4 Å². The number of hydrogen-bond acceptors (Lipinski definition) is 5. The average molecular weight is 461 g/mol. The van der Waals surface area contributed by atoms with Crippen LogP contribution < -0.4 is 5.32 Å². The molecule has 0 aromatic heterocycles. The molecule has 2 aromatic carbocycles. The standard InChI is InChI=1S/C27H28N2O5/c1-17-12-13-18(2)22(14-17)28-24(30)16-34-27(33)23(15-19-8-4-3-5-9-19)29-25(31)20-10-6-7-11-21(20)26(29)32/h3-9,12-14,20-21,23H,10-11,15-16H2,1-2H3,(H,28,30)/t20-,21+,23-/m0/s1. The number of amides is 3. The molecular weight excluding hydrogens is 432 g/mol. The highest BCUT2D eigenvalue weighted by Gasteiger charge is 2.51. The third kappa shape index (κ3) is 4.93. The molecular formula is C27H28N2O5. The highest BCUT2D eigenvalue weighted by Crippen LogP contribution is 2.36. The Labute approximate surface area is 198 Å². The van der Waals surface area contributed by atoms with Gasteiger partial charge < -0.3 is 10.1 Å². The number of carbonyl (C=O) groups is 4. The third-order valence-electron chi connectivity index (χ3n) is 6.41. The van der Waals surface area contributed by atoms with E-state index >= 15 is 0 Å². The zero-order chi connectivity index (χ0) is 24.2. The molecule has 2 aromatic rings. The number of hydrogen-bond donors (Lipinski definition) is 1. The number of imide groups is 1. The monoisotopic (exact) mass is 460 g/mol. The van der Waals surface area contributed by atoms with Crippen molar-refractivity contribution in [1.82, 2.24) is 4.90 Å². The smallest absolute Gasteiger partial charge is 0.330 e. The van der Waals surface area contributed by atoms with Crippen LogP contribution in [-0.2, 0) is 30.3 Å². The van der Waals surface area contributed by atoms with E-state index in [0.717, 1.165) is 21.6 Å². The maximum Gasteiger partial charge on any atom is 0.330 e. The van der Waals surface area contributed by atoms with E-state index in [1.165, 1.54) is 0 Å². The van der Waals surface area contributed by atoms with E-state index in [1.54, 1.807) is 0 Å². The maximum absolute atomic E-state index is 13.1. The van der Waals surface area contributed by atoms with Crippen molar-refractivity contribution in [2.45, 2.75) is 39.2 Å². The predicted octanol–water partition coefficient (Wildman–Crippen LogP) is 3.35. The summed E-state index contributed by atoms with van der Waals surface area (Å²) in [5.41, 5.74) is 3.31. The number of nitrogens with one attached hydrogen (secondary N) is 1. The molecule has 2 aliphatic rings. The van der Waals surface area contributed by atoms with Gasteiger partial charge in [0, 0.05) is 12.1 Å². The molecule has 1 saturated heterocycles. The molecule has 1 aliphatic heterocycles. The molecule has 3 atom stereocenters. The Morgan fingerprint density at radius 2 is 1.65 bits per heavy atom. The molecule has 1 heterocycles. The minimum absolute atomic E-state index is 0.128. The summed E-state index contributed by atoms with van der Waals surface area (Å²) in [6, 6.07) is 13.7. The Balaban J connectivity index is 1.49. The summed E-state index contributed by atoms with van der Waals surface area (Å²) >= 11 is 0. The number of esters is 1. The van der Waals surface area contributed by atoms with Crippen LogP contribution >= 0.6 is 0 Å². The molecule has 3 amide bonds. The largest absolute Gasteiger partial charge is 0.454 e. The molecule has 7 nitrogen and oxygen atoms in total. The first-order chi connectivity index (χ1) is 16.3. The summed E-state index contributed by atoms with van der Waals surface area (Å²) in [6.45, 7) is 3.28. The minimum Gasteiger partial charge on any atom is -0.454 e. The van der Waals surface area contributed by atoms with E-state index in [-0.39, 0.29) is 18.2 Å². The van der Waals surface area contributed by atoms with Gasteiger partial charge in [-0.25, -0.2) is 4.79 Å². The Morgan fingerprint density at radius 3 is 2.29 bits per heavy atom. The average Bonchev–Trinajstić information content (AvgIpc) is 3.09. The van der Waals surface area contributed by atoms with Crippen LogP contribution in [0, 0.1) is 25.7 Å². The molecule has 4 rings (SSSR count). The van der Waals surface area contributed by atoms with Crippen LogP contribution in [0.3, 0.4) is 0 Å². The summed E-state index contributed by atoms with van der Waals surface area (Å²) in [5, 5.41) is 2.75. The van der Waals surface area contributed by atoms with Gasteiger partial charge in [-0.2, -0.15) is 0 Å². The van der Waals surface area contributed by atoms with Gasteiger partial charge in [0.15, 0.2) is 6.61 Å². The van der Waals surface area contributed by atoms with E-state index in [9.17, 15) is 19.2 Å². The van der Waals surface area contributed by atoms with Crippen LogP contribution in [0.2, 0.25) is 0 Å². The van der Waals surface area contributed by atoms with Gasteiger partial charge in [0.25, 0.3) is 5.91 Å². The quantitative estimate of drug-likeness (QED) is 0.389. The van der Waals surface area contributed by atoms with E-state index in [4.69, 9.17) is 4.74 Å². The fourth-order valence-electron chi connectivity index (χ4n) is 4.54. The van der Waals surface area contributed by atoms with E-state index in [0.29, 0.717) is 18.5 Å². The number of fused-ring (bicyclic) bond motifs is 1. The highest BCUT2D eigenvalue weighted by molar-refractivity contribution is 6.08. The fraction of sp³-hybridized carbons (Fsp3) is 0.333. The number of carbonyl (C=O) groups excluding carboxylic acids is 4. The van der Waals surface area contributed by atoms with Crippen molar-refractivity contribution in [2.75, 3.05) is 11.9 Å². The second kappa shape index (κ2) is 10.0. The lowest BCUT2D eigenvalue weighted by atomic mass is 9.85. The molecule has 0 spiro atoms. The Morgan fingerprint density at radius 1 is 1.00 bits per heavy atom. The number of benzene rings is 2. The Kier molecular flexibility index (Phi) is 6.91. The van der Waals surface area contributed by atoms with Crippen molar-refractivity contribution >= 4 is 29.4 Å². The van der Waals surface area contributed by atoms with Gasteiger partial charge in [0.05, 0.1) is 11.8 Å². The molecule has 7 heteroatoms. The molecule has 34 heavy (non-hydrogen) atoms. The van der Waals surface area contributed by atoms with Crippen LogP contribution in [0.1, 0.15) is 29.5 Å². The highest BCUT2D eigenvalue weighted by atomic mass is 16.5. The van der Waals surface area contributed by atoms with Gasteiger partial charge in [-0.15, -0.1) is 0 Å². The second-order valence-electron chi connectivity index (χ2n) is 8.88. The first kappa shape index (κ1) is 23.4. The molecule has 0 saturated carbocycles. The van der Waals surface area contributed by atoms with E-state index in [2.05, 4.69) is 5.32 Å². The van der Waals surface area contributed by atoms with Crippen molar-refractivity contribution < 1.29 is 23.9 Å². The van der Waals surface area contributed by atoms with E-state index in [1.807, 2.05) is 74.5 Å². The normalized spacial score (nSPS) is 20.1. The van der Waals surface area contributed by atoms with E-state index < -0.39 is 36.4 Å². The summed E-state index contributed by atoms with van der Waals surface area (Å²) in [6.07, 6.45) is 4.90. The zero-order valence-electron chi connectivity index (χ0n) is 19.3. The summed E-state index contributed by atoms with van der Waals surface area (Å²) in [5.74, 6) is -2.85. The topological polar surface area (TPSA) is 92.8 Å². The molecule has 1 N–H and O–H groups in total. The van der Waals surface area contributed by atoms with Crippen LogP contribution in [0.15, 0.2) is 60.7 Å². The van der Waals surface area contributed by atoms with Crippen molar-refractivity contribution in [3.8, 4) is 0 Å². The zero-order valence-corrected chi connectivity index (χ0v) is 19.3. The number of rotatable bonds is 7. The number of anilines is 1. The number of nitrogens with zero attached hydrogens (tertiary/aromatic N) is 1. The fourth-order valence-corrected chi connectivity index (χ4v) is 4.54. The molecule has 0 bridgehead atoms. The molecule has 176 valence electrons. The Hall–Kier alpha value is -3.74. The van der Waals surface area contributed by atoms with Crippen LogP contribution in [0.5, 0.6) is 0 Å². The lowest BCUT2D eigenvalue weighted by Crippen LogP contribution is -2.48. The predicted molar refractivity (Wildman–Crippen MR) is 127 cm³/mol. The van der Waals surface area contributed by atoms with Crippen molar-refractivity contribution in [3.63, 3.8) is 0 Å². The van der Waals surface area contributed by atoms with Crippen molar-refractivity contribution in [1.29, 1.82) is 0 Å². The SMILES string of the molecule is Cc1ccc(C)c(NC(=O)COC(=O)[C@H](Cc2ccccc2)N2C(=O)[C@H]3CC=CC[C@H]3C2=O)c1. The number of ether oxygens (including phenoxy) is 1. The summed E-state index contributed by atoms with van der Waals surface area (Å²) in [7, 11) is 0. The van der Waals surface area contributed by atoms with Gasteiger partial charge in [-0.1, -0.05) is 54.6 Å². The molecule has 1 fully saturated rings. The lowest BCUT2D eigenvalue weighted by Gasteiger charge is -2.25. The van der Waals surface area contributed by atoms with Gasteiger partial charge >= 0.3 is 5.97 Å². The number of aryl methyl sites for hydroxylation is 2. The lowest BCUT2D eigenvalue weighted by molar-refractivity contribution is -0.159. The van der Waals surface area contributed by atoms with Crippen LogP contribution in [0.4, 0.5) is 5.69 Å². The number of allylic oxidation sites excluding steroid dienone is 2. The minimum atomic E-state index is -1.12. The molecule has 0 radical (unpaired) electrons. The first-order valence-corrected chi connectivity index (χ1v) is 11.4. The summed E-state index contributed by atoms with van der Waals surface area (Å²) in [4.78, 5) is 52.9.